The molecule has 2 aliphatic rings. The number of rotatable bonds is 6. The van der Waals surface area contributed by atoms with Crippen molar-refractivity contribution in [3.05, 3.63) is 95.3 Å². The molecule has 35 heavy (non-hydrogen) atoms. The van der Waals surface area contributed by atoms with Gasteiger partial charge in [0.1, 0.15) is 18.2 Å². The van der Waals surface area contributed by atoms with Crippen molar-refractivity contribution in [2.75, 3.05) is 24.6 Å². The predicted octanol–water partition coefficient (Wildman–Crippen LogP) is 5.77. The summed E-state index contributed by atoms with van der Waals surface area (Å²) < 4.78 is 19.8. The Morgan fingerprint density at radius 1 is 0.971 bits per heavy atom. The molecular formula is C30H33FN2O2. The van der Waals surface area contributed by atoms with Gasteiger partial charge in [0, 0.05) is 25.7 Å². The third-order valence-corrected chi connectivity index (χ3v) is 7.32. The number of aryl methyl sites for hydroxylation is 1. The summed E-state index contributed by atoms with van der Waals surface area (Å²) in [6.07, 6.45) is 3.55. The fourth-order valence-electron chi connectivity index (χ4n) is 5.25. The number of ether oxygens (including phenoxy) is 1. The standard InChI is InChI=1S/C30H33FN2O2/c1-22-7-9-25(10-8-22)20-33-27(21-35-29-18-26(31)11-12-28(29)33)19-30(34)32-15-13-24(14-16-32)17-23-5-3-2-4-6-23/h2-12,18,24,27H,13-17,19-21H2,1H3/t27-/m1/s1. The van der Waals surface area contributed by atoms with Crippen molar-refractivity contribution in [2.45, 2.75) is 45.2 Å². The first-order chi connectivity index (χ1) is 17.0. The topological polar surface area (TPSA) is 32.8 Å². The van der Waals surface area contributed by atoms with Crippen LogP contribution in [0.15, 0.2) is 72.8 Å². The lowest BCUT2D eigenvalue weighted by molar-refractivity contribution is -0.133. The summed E-state index contributed by atoms with van der Waals surface area (Å²) in [4.78, 5) is 17.6. The first-order valence-electron chi connectivity index (χ1n) is 12.6. The molecule has 182 valence electrons. The molecule has 1 saturated heterocycles. The van der Waals surface area contributed by atoms with Gasteiger partial charge in [-0.2, -0.15) is 0 Å². The van der Waals surface area contributed by atoms with Crippen LogP contribution in [0.2, 0.25) is 0 Å². The molecule has 0 radical (unpaired) electrons. The molecule has 2 aliphatic heterocycles. The van der Waals surface area contributed by atoms with E-state index in [0.717, 1.165) is 43.6 Å². The maximum atomic E-state index is 13.9. The Bertz CT molecular complexity index is 1140. The van der Waals surface area contributed by atoms with Crippen molar-refractivity contribution < 1.29 is 13.9 Å². The number of hydrogen-bond donors (Lipinski definition) is 0. The van der Waals surface area contributed by atoms with E-state index in [4.69, 9.17) is 4.74 Å². The number of carbonyl (C=O) groups is 1. The van der Waals surface area contributed by atoms with E-state index in [9.17, 15) is 9.18 Å². The van der Waals surface area contributed by atoms with E-state index in [1.807, 2.05) is 4.90 Å². The van der Waals surface area contributed by atoms with Crippen LogP contribution in [0.3, 0.4) is 0 Å². The summed E-state index contributed by atoms with van der Waals surface area (Å²) >= 11 is 0. The van der Waals surface area contributed by atoms with Gasteiger partial charge in [-0.05, 0) is 55.4 Å². The minimum Gasteiger partial charge on any atom is -0.489 e. The first kappa shape index (κ1) is 23.4. The van der Waals surface area contributed by atoms with Gasteiger partial charge < -0.3 is 14.5 Å². The summed E-state index contributed by atoms with van der Waals surface area (Å²) in [5.41, 5.74) is 4.59. The van der Waals surface area contributed by atoms with Crippen LogP contribution in [0.5, 0.6) is 5.75 Å². The predicted molar refractivity (Wildman–Crippen MR) is 137 cm³/mol. The summed E-state index contributed by atoms with van der Waals surface area (Å²) in [6, 6.07) is 23.6. The van der Waals surface area contributed by atoms with Crippen LogP contribution in [-0.4, -0.2) is 36.5 Å². The number of halogens is 1. The van der Waals surface area contributed by atoms with Gasteiger partial charge in [0.25, 0.3) is 0 Å². The minimum atomic E-state index is -0.313. The molecule has 5 rings (SSSR count). The van der Waals surface area contributed by atoms with Crippen LogP contribution in [0.25, 0.3) is 0 Å². The highest BCUT2D eigenvalue weighted by atomic mass is 19.1. The Hall–Kier alpha value is -3.34. The van der Waals surface area contributed by atoms with E-state index in [-0.39, 0.29) is 17.8 Å². The van der Waals surface area contributed by atoms with E-state index in [0.29, 0.717) is 31.2 Å². The van der Waals surface area contributed by atoms with Crippen molar-refractivity contribution >= 4 is 11.6 Å². The van der Waals surface area contributed by atoms with Gasteiger partial charge in [0.2, 0.25) is 5.91 Å². The number of benzene rings is 3. The summed E-state index contributed by atoms with van der Waals surface area (Å²) in [5, 5.41) is 0. The maximum Gasteiger partial charge on any atom is 0.224 e. The largest absolute Gasteiger partial charge is 0.489 e. The van der Waals surface area contributed by atoms with Crippen molar-refractivity contribution in [1.29, 1.82) is 0 Å². The molecule has 0 aromatic heterocycles. The van der Waals surface area contributed by atoms with Crippen LogP contribution in [0.4, 0.5) is 10.1 Å². The fraction of sp³-hybridized carbons (Fsp3) is 0.367. The highest BCUT2D eigenvalue weighted by Gasteiger charge is 2.32. The molecule has 3 aromatic carbocycles. The molecule has 2 heterocycles. The van der Waals surface area contributed by atoms with Gasteiger partial charge in [-0.1, -0.05) is 60.2 Å². The van der Waals surface area contributed by atoms with E-state index in [2.05, 4.69) is 66.4 Å². The zero-order valence-electron chi connectivity index (χ0n) is 20.3. The molecule has 0 bridgehead atoms. The van der Waals surface area contributed by atoms with Gasteiger partial charge in [0.05, 0.1) is 18.2 Å². The minimum absolute atomic E-state index is 0.0937. The molecule has 3 aromatic rings. The van der Waals surface area contributed by atoms with Crippen LogP contribution in [0, 0.1) is 18.7 Å². The lowest BCUT2D eigenvalue weighted by Gasteiger charge is -2.40. The Kier molecular flexibility index (Phi) is 7.03. The highest BCUT2D eigenvalue weighted by Crippen LogP contribution is 2.36. The van der Waals surface area contributed by atoms with Gasteiger partial charge in [-0.3, -0.25) is 4.79 Å². The lowest BCUT2D eigenvalue weighted by Crippen LogP contribution is -2.47. The Morgan fingerprint density at radius 3 is 2.46 bits per heavy atom. The van der Waals surface area contributed by atoms with Crippen molar-refractivity contribution in [3.63, 3.8) is 0 Å². The maximum absolute atomic E-state index is 13.9. The van der Waals surface area contributed by atoms with Crippen molar-refractivity contribution in [2.24, 2.45) is 5.92 Å². The molecule has 0 N–H and O–H groups in total. The smallest absolute Gasteiger partial charge is 0.224 e. The number of piperidine rings is 1. The second-order valence-electron chi connectivity index (χ2n) is 9.91. The molecule has 0 saturated carbocycles. The van der Waals surface area contributed by atoms with Crippen molar-refractivity contribution in [1.82, 2.24) is 4.90 Å². The summed E-state index contributed by atoms with van der Waals surface area (Å²) in [5.74, 6) is 1.03. The molecular weight excluding hydrogens is 439 g/mol. The average Bonchev–Trinajstić information content (AvgIpc) is 2.87. The molecule has 0 spiro atoms. The molecule has 1 atom stereocenters. The molecule has 0 aliphatic carbocycles. The van der Waals surface area contributed by atoms with Gasteiger partial charge in [-0.25, -0.2) is 4.39 Å². The van der Waals surface area contributed by atoms with E-state index in [1.165, 1.54) is 23.3 Å². The molecule has 5 heteroatoms. The Morgan fingerprint density at radius 2 is 1.71 bits per heavy atom. The van der Waals surface area contributed by atoms with E-state index >= 15 is 0 Å². The van der Waals surface area contributed by atoms with Gasteiger partial charge in [-0.15, -0.1) is 0 Å². The summed E-state index contributed by atoms with van der Waals surface area (Å²) in [7, 11) is 0. The number of carbonyl (C=O) groups excluding carboxylic acids is 1. The molecule has 4 nitrogen and oxygen atoms in total. The van der Waals surface area contributed by atoms with Crippen LogP contribution < -0.4 is 9.64 Å². The Labute approximate surface area is 207 Å². The van der Waals surface area contributed by atoms with Gasteiger partial charge >= 0.3 is 0 Å². The Balaban J connectivity index is 1.25. The highest BCUT2D eigenvalue weighted by molar-refractivity contribution is 5.78. The number of hydrogen-bond acceptors (Lipinski definition) is 3. The normalized spacial score (nSPS) is 18.2. The van der Waals surface area contributed by atoms with Crippen LogP contribution in [-0.2, 0) is 17.8 Å². The molecule has 1 fully saturated rings. The SMILES string of the molecule is Cc1ccc(CN2c3ccc(F)cc3OC[C@H]2CC(=O)N2CCC(Cc3ccccc3)CC2)cc1. The van der Waals surface area contributed by atoms with Crippen LogP contribution in [0.1, 0.15) is 36.0 Å². The number of fused-ring (bicyclic) bond motifs is 1. The quantitative estimate of drug-likeness (QED) is 0.456. The number of anilines is 1. The monoisotopic (exact) mass is 472 g/mol. The third kappa shape index (κ3) is 5.67. The first-order valence-corrected chi connectivity index (χ1v) is 12.6. The van der Waals surface area contributed by atoms with E-state index in [1.54, 1.807) is 6.07 Å². The number of likely N-dealkylation sites (tertiary alicyclic amines) is 1. The van der Waals surface area contributed by atoms with Crippen LogP contribution >= 0.6 is 0 Å². The molecule has 1 amide bonds. The second kappa shape index (κ2) is 10.5. The third-order valence-electron chi connectivity index (χ3n) is 7.32. The van der Waals surface area contributed by atoms with Crippen molar-refractivity contribution in [3.8, 4) is 5.75 Å². The summed E-state index contributed by atoms with van der Waals surface area (Å²) in [6.45, 7) is 4.71. The number of nitrogens with zero attached hydrogens (tertiary/aromatic N) is 2. The zero-order valence-corrected chi connectivity index (χ0v) is 20.3. The lowest BCUT2D eigenvalue weighted by atomic mass is 9.90. The second-order valence-corrected chi connectivity index (χ2v) is 9.91. The molecule has 0 unspecified atom stereocenters. The van der Waals surface area contributed by atoms with Gasteiger partial charge in [0.15, 0.2) is 0 Å². The number of amides is 1. The average molecular weight is 473 g/mol. The van der Waals surface area contributed by atoms with E-state index < -0.39 is 0 Å². The zero-order chi connectivity index (χ0) is 24.2. The fourth-order valence-corrected chi connectivity index (χ4v) is 5.25.